The van der Waals surface area contributed by atoms with Crippen molar-refractivity contribution in [3.8, 4) is 0 Å². The lowest BCUT2D eigenvalue weighted by molar-refractivity contribution is -0.305. The quantitative estimate of drug-likeness (QED) is 0.0195. The van der Waals surface area contributed by atoms with E-state index in [1.54, 1.807) is 6.08 Å². The molecule has 440 valence electrons. The molecule has 1 aliphatic rings. The molecule has 1 saturated heterocycles. The third kappa shape index (κ3) is 40.3. The van der Waals surface area contributed by atoms with Gasteiger partial charge in [0.25, 0.3) is 0 Å². The van der Waals surface area contributed by atoms with Crippen molar-refractivity contribution in [1.29, 1.82) is 0 Å². The van der Waals surface area contributed by atoms with Gasteiger partial charge < -0.3 is 45.1 Å². The zero-order chi connectivity index (χ0) is 55.4. The molecule has 0 aliphatic carbocycles. The Morgan fingerprint density at radius 3 is 1.45 bits per heavy atom. The van der Waals surface area contributed by atoms with Gasteiger partial charge in [0.05, 0.1) is 25.4 Å². The van der Waals surface area contributed by atoms with Gasteiger partial charge in [0.2, 0.25) is 5.91 Å². The first-order valence-corrected chi connectivity index (χ1v) is 31.2. The highest BCUT2D eigenvalue weighted by molar-refractivity contribution is 5.80. The van der Waals surface area contributed by atoms with E-state index in [1.165, 1.54) is 103 Å². The Kier molecular flexibility index (Phi) is 49.4. The fraction of sp³-hybridized carbons (Fsp3) is 0.785. The fourth-order valence-corrected chi connectivity index (χ4v) is 9.40. The number of carbonyl (C=O) groups excluding carboxylic acids is 2. The van der Waals surface area contributed by atoms with E-state index in [0.29, 0.717) is 12.8 Å². The smallest absolute Gasteiger partial charge is 0.306 e. The summed E-state index contributed by atoms with van der Waals surface area (Å²) in [6, 6.07) is -1.03. The first-order chi connectivity index (χ1) is 37.2. The second kappa shape index (κ2) is 52.8. The Morgan fingerprint density at radius 2 is 0.947 bits per heavy atom. The van der Waals surface area contributed by atoms with E-state index in [-0.39, 0.29) is 19.4 Å². The Labute approximate surface area is 464 Å². The average molecular weight is 1070 g/mol. The molecule has 1 aliphatic heterocycles. The van der Waals surface area contributed by atoms with Crippen LogP contribution in [-0.2, 0) is 23.8 Å². The molecule has 11 heteroatoms. The van der Waals surface area contributed by atoms with Crippen LogP contribution in [0.25, 0.3) is 0 Å². The van der Waals surface area contributed by atoms with E-state index in [1.807, 2.05) is 6.08 Å². The van der Waals surface area contributed by atoms with Gasteiger partial charge in [-0.05, 0) is 89.9 Å². The van der Waals surface area contributed by atoms with Gasteiger partial charge in [-0.15, -0.1) is 0 Å². The molecule has 1 rings (SSSR count). The van der Waals surface area contributed by atoms with Gasteiger partial charge >= 0.3 is 5.97 Å². The van der Waals surface area contributed by atoms with Crippen molar-refractivity contribution >= 4 is 11.9 Å². The highest BCUT2D eigenvalue weighted by Crippen LogP contribution is 2.26. The molecule has 1 fully saturated rings. The van der Waals surface area contributed by atoms with Crippen LogP contribution >= 0.6 is 0 Å². The number of amides is 1. The zero-order valence-electron chi connectivity index (χ0n) is 48.6. The van der Waals surface area contributed by atoms with Crippen molar-refractivity contribution in [2.75, 3.05) is 13.2 Å². The predicted octanol–water partition coefficient (Wildman–Crippen LogP) is 14.8. The Balaban J connectivity index is 2.67. The van der Waals surface area contributed by atoms with Crippen LogP contribution in [0.4, 0.5) is 0 Å². The molecule has 1 heterocycles. The maximum absolute atomic E-state index is 13.4. The van der Waals surface area contributed by atoms with Gasteiger partial charge in [-0.3, -0.25) is 9.59 Å². The fourth-order valence-electron chi connectivity index (χ4n) is 9.40. The van der Waals surface area contributed by atoms with E-state index >= 15 is 0 Å². The van der Waals surface area contributed by atoms with Crippen LogP contribution in [0.1, 0.15) is 265 Å². The highest BCUT2D eigenvalue weighted by Gasteiger charge is 2.47. The number of carbonyl (C=O) groups is 2. The van der Waals surface area contributed by atoms with Crippen LogP contribution in [-0.4, -0.2) is 99.6 Å². The molecule has 1 amide bonds. The normalized spacial score (nSPS) is 19.6. The highest BCUT2D eigenvalue weighted by atomic mass is 16.7. The molecule has 0 aromatic heterocycles. The molecule has 0 aromatic rings. The minimum absolute atomic E-state index is 0.112. The van der Waals surface area contributed by atoms with E-state index < -0.39 is 67.4 Å². The number of esters is 1. The van der Waals surface area contributed by atoms with Gasteiger partial charge in [-0.1, -0.05) is 241 Å². The SMILES string of the molecule is CC/C=C/C/C=C/CCCCCCCCC(O)C(=O)NC(COC1OC(CO)C(O)C(O)C1OC(=O)CCCCCCCCCC/C=C\C/C=C\C/C=C\CCCCC)C(O)/C=C/CCCCCCCCCCCCC. The molecule has 0 saturated carbocycles. The van der Waals surface area contributed by atoms with Gasteiger partial charge in [0, 0.05) is 6.42 Å². The van der Waals surface area contributed by atoms with Crippen molar-refractivity contribution in [2.45, 2.75) is 314 Å². The maximum atomic E-state index is 13.4. The number of aliphatic hydroxyl groups is 5. The van der Waals surface area contributed by atoms with E-state index in [2.05, 4.69) is 86.8 Å². The molecule has 0 bridgehead atoms. The molecule has 8 unspecified atom stereocenters. The number of nitrogens with one attached hydrogen (secondary N) is 1. The number of ether oxygens (including phenoxy) is 3. The monoisotopic (exact) mass is 1070 g/mol. The molecule has 8 atom stereocenters. The molecule has 0 aromatic carbocycles. The lowest BCUT2D eigenvalue weighted by Crippen LogP contribution is -2.61. The second-order valence-corrected chi connectivity index (χ2v) is 21.4. The summed E-state index contributed by atoms with van der Waals surface area (Å²) >= 11 is 0. The van der Waals surface area contributed by atoms with Gasteiger partial charge in [-0.25, -0.2) is 0 Å². The molecule has 0 radical (unpaired) electrons. The van der Waals surface area contributed by atoms with E-state index in [0.717, 1.165) is 116 Å². The summed E-state index contributed by atoms with van der Waals surface area (Å²) in [5, 5.41) is 57.0. The number of hydrogen-bond acceptors (Lipinski definition) is 10. The summed E-state index contributed by atoms with van der Waals surface area (Å²) in [5.41, 5.74) is 0. The van der Waals surface area contributed by atoms with Crippen molar-refractivity contribution in [3.63, 3.8) is 0 Å². The first kappa shape index (κ1) is 71.1. The van der Waals surface area contributed by atoms with Crippen LogP contribution < -0.4 is 5.32 Å². The number of allylic oxidation sites excluding steroid dienone is 11. The Morgan fingerprint density at radius 1 is 0.526 bits per heavy atom. The lowest BCUT2D eigenvalue weighted by atomic mass is 9.99. The lowest BCUT2D eigenvalue weighted by Gasteiger charge is -2.41. The molecule has 6 N–H and O–H groups in total. The van der Waals surface area contributed by atoms with Crippen LogP contribution in [0.15, 0.2) is 72.9 Å². The summed E-state index contributed by atoms with van der Waals surface area (Å²) in [6.07, 6.45) is 56.5. The van der Waals surface area contributed by atoms with E-state index in [9.17, 15) is 35.1 Å². The average Bonchev–Trinajstić information content (AvgIpc) is 3.42. The van der Waals surface area contributed by atoms with Crippen LogP contribution in [0.5, 0.6) is 0 Å². The third-order valence-corrected chi connectivity index (χ3v) is 14.3. The van der Waals surface area contributed by atoms with Gasteiger partial charge in [0.1, 0.15) is 24.4 Å². The summed E-state index contributed by atoms with van der Waals surface area (Å²) in [5.74, 6) is -1.21. The largest absolute Gasteiger partial charge is 0.454 e. The van der Waals surface area contributed by atoms with Crippen LogP contribution in [0.2, 0.25) is 0 Å². The Bertz CT molecular complexity index is 1510. The minimum Gasteiger partial charge on any atom is -0.454 e. The van der Waals surface area contributed by atoms with Gasteiger partial charge in [-0.2, -0.15) is 0 Å². The number of aliphatic hydroxyl groups excluding tert-OH is 5. The molecule has 11 nitrogen and oxygen atoms in total. The van der Waals surface area contributed by atoms with Crippen molar-refractivity contribution in [3.05, 3.63) is 72.9 Å². The molecular formula is C65H115NO10. The molecular weight excluding hydrogens is 955 g/mol. The van der Waals surface area contributed by atoms with Crippen molar-refractivity contribution < 1.29 is 49.3 Å². The molecule has 0 spiro atoms. The van der Waals surface area contributed by atoms with Crippen LogP contribution in [0.3, 0.4) is 0 Å². The Hall–Kier alpha value is -2.90. The summed E-state index contributed by atoms with van der Waals surface area (Å²) in [4.78, 5) is 26.5. The topological polar surface area (TPSA) is 175 Å². The van der Waals surface area contributed by atoms with Crippen LogP contribution in [0, 0.1) is 0 Å². The number of unbranched alkanes of at least 4 members (excludes halogenated alkanes) is 28. The second-order valence-electron chi connectivity index (χ2n) is 21.4. The standard InChI is InChI=1S/C65H115NO10/c1-4-7-10-13-16-19-22-25-26-27-28-29-30-31-32-35-38-41-44-47-50-53-60(70)76-63-62(72)61(71)59(54-67)75-65(63)74-55-56(57(68)51-48-45-42-39-36-33-23-20-17-14-11-8-5-2)66-64(73)58(69)52-49-46-43-40-37-34-24-21-18-15-12-9-6-3/h9,12,16,18-19,21,25-26,28-29,48,51,56-59,61-63,65,67-69,71-72H,4-8,10-11,13-15,17,20,22-24,27,30-47,49-50,52-55H2,1-3H3,(H,66,73)/b12-9+,19-16-,21-18+,26-25-,29-28-,51-48+. The summed E-state index contributed by atoms with van der Waals surface area (Å²) < 4.78 is 17.6. The summed E-state index contributed by atoms with van der Waals surface area (Å²) in [7, 11) is 0. The molecule has 76 heavy (non-hydrogen) atoms. The number of hydrogen-bond donors (Lipinski definition) is 6. The maximum Gasteiger partial charge on any atom is 0.306 e. The summed E-state index contributed by atoms with van der Waals surface area (Å²) in [6.45, 7) is 5.65. The van der Waals surface area contributed by atoms with Crippen molar-refractivity contribution in [2.24, 2.45) is 0 Å². The van der Waals surface area contributed by atoms with Crippen molar-refractivity contribution in [1.82, 2.24) is 5.32 Å². The number of rotatable bonds is 52. The third-order valence-electron chi connectivity index (χ3n) is 14.3. The zero-order valence-corrected chi connectivity index (χ0v) is 48.6. The first-order valence-electron chi connectivity index (χ1n) is 31.2. The minimum atomic E-state index is -1.62. The predicted molar refractivity (Wildman–Crippen MR) is 315 cm³/mol. The van der Waals surface area contributed by atoms with E-state index in [4.69, 9.17) is 14.2 Å². The van der Waals surface area contributed by atoms with Gasteiger partial charge in [0.15, 0.2) is 12.4 Å².